The van der Waals surface area contributed by atoms with Crippen LogP contribution in [0.25, 0.3) is 0 Å². The van der Waals surface area contributed by atoms with Crippen molar-refractivity contribution in [3.63, 3.8) is 0 Å². The number of nitrogens with zero attached hydrogens (tertiary/aromatic N) is 2. The lowest BCUT2D eigenvalue weighted by Crippen LogP contribution is -2.18. The van der Waals surface area contributed by atoms with Crippen molar-refractivity contribution in [3.05, 3.63) is 11.1 Å². The van der Waals surface area contributed by atoms with Crippen molar-refractivity contribution in [2.45, 2.75) is 13.0 Å². The zero-order chi connectivity index (χ0) is 12.1. The minimum Gasteiger partial charge on any atom is -0.478 e. The highest BCUT2D eigenvalue weighted by Gasteiger charge is 2.14. The van der Waals surface area contributed by atoms with Crippen molar-refractivity contribution in [2.75, 3.05) is 5.73 Å². The van der Waals surface area contributed by atoms with Gasteiger partial charge in [-0.25, -0.2) is 9.78 Å². The van der Waals surface area contributed by atoms with Crippen molar-refractivity contribution < 1.29 is 19.5 Å². The van der Waals surface area contributed by atoms with Crippen LogP contribution in [-0.4, -0.2) is 34.2 Å². The lowest BCUT2D eigenvalue weighted by Gasteiger charge is -2.03. The van der Waals surface area contributed by atoms with Gasteiger partial charge in [-0.15, -0.1) is 11.3 Å². The fourth-order valence-electron chi connectivity index (χ4n) is 0.691. The molecule has 1 radical (unpaired) electrons. The summed E-state index contributed by atoms with van der Waals surface area (Å²) in [6.07, 6.45) is 0.343. The monoisotopic (exact) mass is 242 g/mol. The third-order valence-electron chi connectivity index (χ3n) is 1.51. The summed E-state index contributed by atoms with van der Waals surface area (Å²) in [6.45, 7) is 1.28. The van der Waals surface area contributed by atoms with Gasteiger partial charge in [-0.1, -0.05) is 5.16 Å². The van der Waals surface area contributed by atoms with Gasteiger partial charge in [0.25, 0.3) is 6.29 Å². The van der Waals surface area contributed by atoms with E-state index in [-0.39, 0.29) is 16.5 Å². The number of hydrogen-bond acceptors (Lipinski definition) is 7. The highest BCUT2D eigenvalue weighted by atomic mass is 32.1. The van der Waals surface area contributed by atoms with E-state index in [1.165, 1.54) is 18.6 Å². The molecule has 0 bridgehead atoms. The van der Waals surface area contributed by atoms with Gasteiger partial charge >= 0.3 is 5.97 Å². The predicted molar refractivity (Wildman–Crippen MR) is 56.9 cm³/mol. The number of aliphatic carboxylic acids is 1. The second kappa shape index (κ2) is 5.21. The number of nitrogens with two attached hydrogens (primary N) is 1. The van der Waals surface area contributed by atoms with Gasteiger partial charge in [0.15, 0.2) is 10.8 Å². The summed E-state index contributed by atoms with van der Waals surface area (Å²) in [6, 6.07) is 0. The van der Waals surface area contributed by atoms with Crippen LogP contribution in [0.3, 0.4) is 0 Å². The van der Waals surface area contributed by atoms with E-state index < -0.39 is 12.1 Å². The van der Waals surface area contributed by atoms with Crippen molar-refractivity contribution >= 4 is 34.4 Å². The van der Waals surface area contributed by atoms with Crippen molar-refractivity contribution in [2.24, 2.45) is 5.16 Å². The number of thiazole rings is 1. The van der Waals surface area contributed by atoms with Gasteiger partial charge in [-0.05, 0) is 6.92 Å². The Hall–Kier alpha value is -1.96. The third kappa shape index (κ3) is 3.02. The van der Waals surface area contributed by atoms with Crippen LogP contribution in [0.15, 0.2) is 10.5 Å². The van der Waals surface area contributed by atoms with E-state index in [9.17, 15) is 9.59 Å². The van der Waals surface area contributed by atoms with E-state index in [1.54, 1.807) is 0 Å². The summed E-state index contributed by atoms with van der Waals surface area (Å²) >= 11 is 1.12. The van der Waals surface area contributed by atoms with E-state index in [0.717, 1.165) is 11.3 Å². The number of anilines is 1. The van der Waals surface area contributed by atoms with Gasteiger partial charge < -0.3 is 15.7 Å². The Morgan fingerprint density at radius 1 is 1.81 bits per heavy atom. The smallest absolute Gasteiger partial charge is 0.347 e. The third-order valence-corrected chi connectivity index (χ3v) is 2.19. The van der Waals surface area contributed by atoms with Crippen LogP contribution in [-0.2, 0) is 14.4 Å². The summed E-state index contributed by atoms with van der Waals surface area (Å²) in [5.74, 6) is -1.19. The number of hydrogen-bond donors (Lipinski definition) is 2. The molecule has 16 heavy (non-hydrogen) atoms. The maximum atomic E-state index is 10.5. The number of carbonyl (C=O) groups is 1. The highest BCUT2D eigenvalue weighted by molar-refractivity contribution is 7.13. The lowest BCUT2D eigenvalue weighted by atomic mass is 10.3. The molecule has 1 atom stereocenters. The van der Waals surface area contributed by atoms with Crippen LogP contribution < -0.4 is 5.73 Å². The number of rotatable bonds is 5. The average Bonchev–Trinajstić information content (AvgIpc) is 2.65. The van der Waals surface area contributed by atoms with E-state index in [1.807, 2.05) is 0 Å². The van der Waals surface area contributed by atoms with Gasteiger partial charge in [-0.2, -0.15) is 0 Å². The van der Waals surface area contributed by atoms with Crippen LogP contribution in [0.2, 0.25) is 0 Å². The normalized spacial score (nSPS) is 13.2. The quantitative estimate of drug-likeness (QED) is 0.556. The Balaban J connectivity index is 2.79. The second-order valence-corrected chi connectivity index (χ2v) is 3.59. The minimum absolute atomic E-state index is 0.204. The van der Waals surface area contributed by atoms with E-state index in [0.29, 0.717) is 0 Å². The zero-order valence-corrected chi connectivity index (χ0v) is 9.02. The van der Waals surface area contributed by atoms with Gasteiger partial charge in [0.1, 0.15) is 5.69 Å². The summed E-state index contributed by atoms with van der Waals surface area (Å²) in [7, 11) is 0. The molecule has 0 aromatic carbocycles. The largest absolute Gasteiger partial charge is 0.478 e. The molecule has 1 unspecified atom stereocenters. The van der Waals surface area contributed by atoms with Crippen LogP contribution in [0.5, 0.6) is 0 Å². The molecule has 0 aliphatic heterocycles. The molecule has 1 heterocycles. The van der Waals surface area contributed by atoms with Crippen molar-refractivity contribution in [1.82, 2.24) is 4.98 Å². The van der Waals surface area contributed by atoms with Gasteiger partial charge in [0, 0.05) is 5.38 Å². The number of oxime groups is 1. The molecule has 8 heteroatoms. The molecule has 1 aromatic rings. The van der Waals surface area contributed by atoms with Crippen LogP contribution in [0, 0.1) is 0 Å². The Kier molecular flexibility index (Phi) is 3.95. The second-order valence-electron chi connectivity index (χ2n) is 2.70. The first kappa shape index (κ1) is 12.1. The lowest BCUT2D eigenvalue weighted by molar-refractivity contribution is -0.149. The standard InChI is InChI=1S/C8H8N3O4S/c1-4(7(13)14)15-11-5(2-12)6-3-16-8(9)10-6/h3-4H,1H3,(H2,9,10)(H,13,14). The molecule has 85 valence electrons. The molecule has 0 aliphatic rings. The maximum absolute atomic E-state index is 10.5. The molecule has 0 saturated heterocycles. The molecule has 0 spiro atoms. The minimum atomic E-state index is -1.19. The average molecular weight is 242 g/mol. The summed E-state index contributed by atoms with van der Waals surface area (Å²) in [5.41, 5.74) is 5.35. The van der Waals surface area contributed by atoms with E-state index in [2.05, 4.69) is 15.0 Å². The van der Waals surface area contributed by atoms with E-state index >= 15 is 0 Å². The summed E-state index contributed by atoms with van der Waals surface area (Å²) < 4.78 is 0. The molecule has 0 fully saturated rings. The summed E-state index contributed by atoms with van der Waals surface area (Å²) in [4.78, 5) is 29.3. The number of aromatic nitrogens is 1. The zero-order valence-electron chi connectivity index (χ0n) is 8.21. The fraction of sp³-hybridized carbons (Fsp3) is 0.250. The topological polar surface area (TPSA) is 115 Å². The van der Waals surface area contributed by atoms with Gasteiger partial charge in [0.2, 0.25) is 6.10 Å². The predicted octanol–water partition coefficient (Wildman–Crippen LogP) is 0.0288. The molecule has 1 aromatic heterocycles. The Morgan fingerprint density at radius 2 is 2.50 bits per heavy atom. The molecular formula is C8H8N3O4S. The molecule has 0 aliphatic carbocycles. The van der Waals surface area contributed by atoms with Crippen LogP contribution >= 0.6 is 11.3 Å². The Morgan fingerprint density at radius 3 is 2.94 bits per heavy atom. The SMILES string of the molecule is CC(ON=C([C]=O)c1csc(N)n1)C(=O)O. The van der Waals surface area contributed by atoms with Gasteiger partial charge in [-0.3, -0.25) is 4.79 Å². The first-order chi connectivity index (χ1) is 7.54. The summed E-state index contributed by atoms with van der Waals surface area (Å²) in [5, 5.41) is 13.6. The molecule has 1 rings (SSSR count). The van der Waals surface area contributed by atoms with Crippen molar-refractivity contribution in [1.29, 1.82) is 0 Å². The molecule has 0 saturated carbocycles. The fourth-order valence-corrected chi connectivity index (χ4v) is 1.24. The number of carbonyl (C=O) groups excluding carboxylic acids is 1. The van der Waals surface area contributed by atoms with Crippen LogP contribution in [0.1, 0.15) is 12.6 Å². The molecular weight excluding hydrogens is 234 g/mol. The molecule has 0 amide bonds. The van der Waals surface area contributed by atoms with E-state index in [4.69, 9.17) is 10.8 Å². The highest BCUT2D eigenvalue weighted by Crippen LogP contribution is 2.11. The molecule has 7 nitrogen and oxygen atoms in total. The van der Waals surface area contributed by atoms with Gasteiger partial charge in [0.05, 0.1) is 0 Å². The first-order valence-electron chi connectivity index (χ1n) is 4.10. The maximum Gasteiger partial charge on any atom is 0.347 e. The first-order valence-corrected chi connectivity index (χ1v) is 4.98. The number of carboxylic acid groups (broad SMARTS) is 1. The Bertz CT molecular complexity index is 429. The number of carboxylic acids is 1. The van der Waals surface area contributed by atoms with Crippen molar-refractivity contribution in [3.8, 4) is 0 Å². The van der Waals surface area contributed by atoms with Crippen LogP contribution in [0.4, 0.5) is 5.13 Å². The molecule has 3 N–H and O–H groups in total. The number of nitrogen functional groups attached to an aromatic ring is 1. The Labute approximate surface area is 94.5 Å².